The van der Waals surface area contributed by atoms with Crippen molar-refractivity contribution < 1.29 is 14.2 Å². The smallest absolute Gasteiger partial charge is 0.129 e. The number of hydrogen-bond acceptors (Lipinski definition) is 2. The Morgan fingerprint density at radius 1 is 1.36 bits per heavy atom. The molecule has 0 aromatic heterocycles. The van der Waals surface area contributed by atoms with Crippen molar-refractivity contribution in [3.63, 3.8) is 0 Å². The summed E-state index contributed by atoms with van der Waals surface area (Å²) in [4.78, 5) is 0. The normalized spacial score (nSPS) is 8.93. The number of aliphatic hydroxyl groups excluding tert-OH is 1. The van der Waals surface area contributed by atoms with Crippen molar-refractivity contribution in [2.24, 2.45) is 0 Å². The molecule has 0 bridgehead atoms. The molecule has 14 heavy (non-hydrogen) atoms. The number of ether oxygens (including phenoxy) is 1. The Morgan fingerprint density at radius 2 is 2.00 bits per heavy atom. The minimum absolute atomic E-state index is 0.0596. The Hall–Kier alpha value is -1.09. The highest BCUT2D eigenvalue weighted by atomic mass is 19.1. The van der Waals surface area contributed by atoms with Gasteiger partial charge in [-0.15, -0.1) is 0 Å². The zero-order valence-electron chi connectivity index (χ0n) is 8.88. The van der Waals surface area contributed by atoms with Gasteiger partial charge in [-0.05, 0) is 19.1 Å². The van der Waals surface area contributed by atoms with E-state index in [9.17, 15) is 4.39 Å². The van der Waals surface area contributed by atoms with Crippen LogP contribution in [0.3, 0.4) is 0 Å². The Kier molecular flexibility index (Phi) is 6.76. The molecule has 0 spiro atoms. The third-order valence-electron chi connectivity index (χ3n) is 1.57. The first-order valence-electron chi connectivity index (χ1n) is 4.74. The number of aliphatic hydroxyl groups is 1. The number of rotatable bonds is 3. The van der Waals surface area contributed by atoms with Crippen molar-refractivity contribution in [1.29, 1.82) is 0 Å². The minimum atomic E-state index is -0.287. The van der Waals surface area contributed by atoms with Gasteiger partial charge in [-0.3, -0.25) is 0 Å². The zero-order chi connectivity index (χ0) is 11.0. The molecule has 1 N–H and O–H groups in total. The average molecular weight is 200 g/mol. The fraction of sp³-hybridized carbons (Fsp3) is 0.455. The summed E-state index contributed by atoms with van der Waals surface area (Å²) in [5.74, 6) is 0.203. The molecule has 1 aromatic carbocycles. The summed E-state index contributed by atoms with van der Waals surface area (Å²) in [5, 5.41) is 8.47. The highest BCUT2D eigenvalue weighted by Crippen LogP contribution is 2.19. The van der Waals surface area contributed by atoms with E-state index < -0.39 is 0 Å². The fourth-order valence-corrected chi connectivity index (χ4v) is 0.900. The van der Waals surface area contributed by atoms with E-state index in [-0.39, 0.29) is 19.0 Å². The van der Waals surface area contributed by atoms with E-state index >= 15 is 0 Å². The first-order valence-corrected chi connectivity index (χ1v) is 4.74. The maximum atomic E-state index is 12.9. The molecule has 80 valence electrons. The van der Waals surface area contributed by atoms with Gasteiger partial charge in [-0.2, -0.15) is 0 Å². The summed E-state index contributed by atoms with van der Waals surface area (Å²) < 4.78 is 17.9. The molecule has 0 heterocycles. The Balaban J connectivity index is 0.000000791. The van der Waals surface area contributed by atoms with Crippen molar-refractivity contribution in [2.45, 2.75) is 20.8 Å². The van der Waals surface area contributed by atoms with E-state index in [0.29, 0.717) is 11.3 Å². The molecule has 0 radical (unpaired) electrons. The lowest BCUT2D eigenvalue weighted by Gasteiger charge is -2.07. The van der Waals surface area contributed by atoms with Gasteiger partial charge in [-0.25, -0.2) is 4.39 Å². The van der Waals surface area contributed by atoms with Crippen molar-refractivity contribution >= 4 is 0 Å². The van der Waals surface area contributed by atoms with Crippen LogP contribution in [0.1, 0.15) is 19.4 Å². The fourth-order valence-electron chi connectivity index (χ4n) is 0.900. The van der Waals surface area contributed by atoms with E-state index in [1.165, 1.54) is 6.07 Å². The van der Waals surface area contributed by atoms with Crippen LogP contribution in [0.15, 0.2) is 18.2 Å². The molecule has 3 heteroatoms. The Labute approximate surface area is 84.3 Å². The van der Waals surface area contributed by atoms with Gasteiger partial charge in [0.1, 0.15) is 18.2 Å². The molecular weight excluding hydrogens is 183 g/mol. The first kappa shape index (κ1) is 12.9. The average Bonchev–Trinajstić information content (AvgIpc) is 2.23. The van der Waals surface area contributed by atoms with E-state index in [2.05, 4.69) is 0 Å². The summed E-state index contributed by atoms with van der Waals surface area (Å²) in [6.07, 6.45) is 0. The summed E-state index contributed by atoms with van der Waals surface area (Å²) >= 11 is 0. The van der Waals surface area contributed by atoms with Gasteiger partial charge in [0.25, 0.3) is 0 Å². The predicted octanol–water partition coefficient (Wildman–Crippen LogP) is 2.53. The summed E-state index contributed by atoms with van der Waals surface area (Å²) in [6.45, 7) is 5.78. The van der Waals surface area contributed by atoms with E-state index in [4.69, 9.17) is 9.84 Å². The van der Waals surface area contributed by atoms with Crippen molar-refractivity contribution in [1.82, 2.24) is 0 Å². The van der Waals surface area contributed by atoms with Gasteiger partial charge in [0.05, 0.1) is 6.61 Å². The maximum Gasteiger partial charge on any atom is 0.129 e. The predicted molar refractivity (Wildman–Crippen MR) is 55.1 cm³/mol. The quantitative estimate of drug-likeness (QED) is 0.812. The van der Waals surface area contributed by atoms with Gasteiger partial charge in [-0.1, -0.05) is 19.9 Å². The Morgan fingerprint density at radius 3 is 2.57 bits per heavy atom. The molecule has 0 aliphatic rings. The second kappa shape index (κ2) is 7.33. The molecule has 0 atom stereocenters. The number of benzene rings is 1. The molecule has 0 aliphatic heterocycles. The molecule has 0 saturated heterocycles. The lowest BCUT2D eigenvalue weighted by molar-refractivity contribution is 0.200. The first-order chi connectivity index (χ1) is 6.75. The van der Waals surface area contributed by atoms with E-state index in [0.717, 1.165) is 0 Å². The standard InChI is InChI=1S/C9H11FO2.C2H6/c1-7-8(10)3-2-4-9(7)12-6-5-11;1-2/h2-4,11H,5-6H2,1H3;1-2H3. The molecule has 1 aromatic rings. The molecule has 0 unspecified atom stereocenters. The van der Waals surface area contributed by atoms with Crippen LogP contribution in [-0.4, -0.2) is 18.3 Å². The van der Waals surface area contributed by atoms with E-state index in [1.54, 1.807) is 19.1 Å². The summed E-state index contributed by atoms with van der Waals surface area (Å²) in [5.41, 5.74) is 0.478. The van der Waals surface area contributed by atoms with Crippen LogP contribution >= 0.6 is 0 Å². The van der Waals surface area contributed by atoms with Gasteiger partial charge in [0, 0.05) is 5.56 Å². The maximum absolute atomic E-state index is 12.9. The highest BCUT2D eigenvalue weighted by Gasteiger charge is 2.02. The lowest BCUT2D eigenvalue weighted by Crippen LogP contribution is -2.03. The van der Waals surface area contributed by atoms with Gasteiger partial charge in [0.2, 0.25) is 0 Å². The third kappa shape index (κ3) is 3.75. The molecular formula is C11H17FO2. The van der Waals surface area contributed by atoms with Crippen LogP contribution < -0.4 is 4.74 Å². The molecule has 1 rings (SSSR count). The zero-order valence-corrected chi connectivity index (χ0v) is 8.88. The van der Waals surface area contributed by atoms with Crippen LogP contribution in [0, 0.1) is 12.7 Å². The topological polar surface area (TPSA) is 29.5 Å². The van der Waals surface area contributed by atoms with Crippen LogP contribution in [0.5, 0.6) is 5.75 Å². The molecule has 0 aliphatic carbocycles. The molecule has 0 fully saturated rings. The van der Waals surface area contributed by atoms with Crippen molar-refractivity contribution in [2.75, 3.05) is 13.2 Å². The summed E-state index contributed by atoms with van der Waals surface area (Å²) in [7, 11) is 0. The number of halogens is 1. The van der Waals surface area contributed by atoms with Gasteiger partial charge < -0.3 is 9.84 Å². The molecule has 0 saturated carbocycles. The monoisotopic (exact) mass is 200 g/mol. The lowest BCUT2D eigenvalue weighted by atomic mass is 10.2. The molecule has 0 amide bonds. The van der Waals surface area contributed by atoms with Crippen molar-refractivity contribution in [3.8, 4) is 5.75 Å². The minimum Gasteiger partial charge on any atom is -0.491 e. The van der Waals surface area contributed by atoms with Gasteiger partial charge >= 0.3 is 0 Å². The third-order valence-corrected chi connectivity index (χ3v) is 1.57. The number of hydrogen-bond donors (Lipinski definition) is 1. The van der Waals surface area contributed by atoms with Gasteiger partial charge in [0.15, 0.2) is 0 Å². The second-order valence-electron chi connectivity index (χ2n) is 2.44. The van der Waals surface area contributed by atoms with Crippen LogP contribution in [0.25, 0.3) is 0 Å². The second-order valence-corrected chi connectivity index (χ2v) is 2.44. The highest BCUT2D eigenvalue weighted by molar-refractivity contribution is 5.33. The van der Waals surface area contributed by atoms with Crippen LogP contribution in [-0.2, 0) is 0 Å². The van der Waals surface area contributed by atoms with E-state index in [1.807, 2.05) is 13.8 Å². The largest absolute Gasteiger partial charge is 0.491 e. The van der Waals surface area contributed by atoms with Crippen LogP contribution in [0.2, 0.25) is 0 Å². The molecule has 2 nitrogen and oxygen atoms in total. The Bertz CT molecular complexity index is 261. The van der Waals surface area contributed by atoms with Crippen LogP contribution in [0.4, 0.5) is 4.39 Å². The van der Waals surface area contributed by atoms with Crippen molar-refractivity contribution in [3.05, 3.63) is 29.6 Å². The summed E-state index contributed by atoms with van der Waals surface area (Å²) in [6, 6.07) is 4.63. The SMILES string of the molecule is CC.Cc1c(F)cccc1OCCO.